The van der Waals surface area contributed by atoms with E-state index in [0.29, 0.717) is 12.3 Å². The highest BCUT2D eigenvalue weighted by Gasteiger charge is 2.79. The number of hydrogen-bond donors (Lipinski definition) is 2. The van der Waals surface area contributed by atoms with E-state index in [1.807, 2.05) is 0 Å². The van der Waals surface area contributed by atoms with Crippen LogP contribution in [0.2, 0.25) is 0 Å². The minimum absolute atomic E-state index is 0.144. The van der Waals surface area contributed by atoms with Crippen LogP contribution in [0.3, 0.4) is 0 Å². The summed E-state index contributed by atoms with van der Waals surface area (Å²) in [7, 11) is 0. The molecule has 0 spiro atoms. The fraction of sp³-hybridized carbons (Fsp3) is 0.929. The van der Waals surface area contributed by atoms with E-state index in [-0.39, 0.29) is 5.92 Å². The Bertz CT molecular complexity index is 524. The molecule has 1 heterocycles. The molecule has 0 aromatic carbocycles. The summed E-state index contributed by atoms with van der Waals surface area (Å²) >= 11 is 0. The molecule has 6 atom stereocenters. The van der Waals surface area contributed by atoms with E-state index in [4.69, 9.17) is 9.84 Å². The molecule has 1 saturated heterocycles. The van der Waals surface area contributed by atoms with Crippen molar-refractivity contribution in [3.05, 3.63) is 0 Å². The van der Waals surface area contributed by atoms with Gasteiger partial charge in [0.2, 0.25) is 0 Å². The monoisotopic (exact) mass is 360 g/mol. The van der Waals surface area contributed by atoms with E-state index in [9.17, 15) is 31.9 Å². The van der Waals surface area contributed by atoms with Crippen LogP contribution in [0.4, 0.5) is 22.0 Å². The van der Waals surface area contributed by atoms with Gasteiger partial charge in [-0.15, -0.1) is 0 Å². The van der Waals surface area contributed by atoms with Gasteiger partial charge in [-0.05, 0) is 31.1 Å². The normalized spacial score (nSPS) is 44.0. The maximum absolute atomic E-state index is 13.6. The zero-order valence-corrected chi connectivity index (χ0v) is 12.4. The summed E-state index contributed by atoms with van der Waals surface area (Å²) < 4.78 is 73.9. The van der Waals surface area contributed by atoms with Crippen molar-refractivity contribution >= 4 is 5.97 Å². The van der Waals surface area contributed by atoms with E-state index in [2.05, 4.69) is 4.74 Å². The fourth-order valence-corrected chi connectivity index (χ4v) is 3.98. The first kappa shape index (κ1) is 17.8. The zero-order chi connectivity index (χ0) is 17.9. The molecule has 2 saturated carbocycles. The van der Waals surface area contributed by atoms with Crippen molar-refractivity contribution in [2.75, 3.05) is 6.61 Å². The second kappa shape index (κ2) is 5.50. The SMILES string of the molecule is O=C(OCC1OC(O)(C(F)(F)F)C(F)(F)C1O)C1CC2CCC1C2. The highest BCUT2D eigenvalue weighted by atomic mass is 19.4. The summed E-state index contributed by atoms with van der Waals surface area (Å²) in [5.74, 6) is -10.3. The lowest BCUT2D eigenvalue weighted by Gasteiger charge is -2.30. The molecule has 0 aromatic heterocycles. The molecule has 2 N–H and O–H groups in total. The molecular formula is C14H17F5O5. The van der Waals surface area contributed by atoms with Crippen LogP contribution in [0.15, 0.2) is 0 Å². The Hall–Kier alpha value is -1.00. The van der Waals surface area contributed by atoms with Crippen LogP contribution in [-0.4, -0.2) is 52.9 Å². The number of alkyl halides is 5. The Morgan fingerprint density at radius 2 is 1.92 bits per heavy atom. The van der Waals surface area contributed by atoms with E-state index < -0.39 is 48.6 Å². The van der Waals surface area contributed by atoms with Gasteiger partial charge in [0.1, 0.15) is 12.7 Å². The standard InChI is InChI=1S/C14H17F5O5/c15-12(16)10(20)9(24-13(12,22)14(17,18)19)5-23-11(21)8-4-6-1-2-7(8)3-6/h6-10,20,22H,1-5H2. The number of ether oxygens (including phenoxy) is 2. The van der Waals surface area contributed by atoms with Gasteiger partial charge in [-0.25, -0.2) is 0 Å². The van der Waals surface area contributed by atoms with Crippen molar-refractivity contribution in [1.82, 2.24) is 0 Å². The summed E-state index contributed by atoms with van der Waals surface area (Å²) in [6.07, 6.45) is -7.57. The number of carbonyl (C=O) groups excluding carboxylic acids is 1. The number of fused-ring (bicyclic) bond motifs is 2. The fourth-order valence-electron chi connectivity index (χ4n) is 3.98. The smallest absolute Gasteiger partial charge is 0.449 e. The minimum Gasteiger partial charge on any atom is -0.463 e. The molecule has 3 fully saturated rings. The molecule has 1 aliphatic heterocycles. The number of aliphatic hydroxyl groups excluding tert-OH is 1. The number of carbonyl (C=O) groups is 1. The van der Waals surface area contributed by atoms with Gasteiger partial charge in [-0.1, -0.05) is 6.42 Å². The van der Waals surface area contributed by atoms with Crippen molar-refractivity contribution in [1.29, 1.82) is 0 Å². The van der Waals surface area contributed by atoms with Crippen LogP contribution < -0.4 is 0 Å². The van der Waals surface area contributed by atoms with Gasteiger partial charge in [0.05, 0.1) is 5.92 Å². The maximum Gasteiger partial charge on any atom is 0.449 e. The molecule has 2 bridgehead atoms. The van der Waals surface area contributed by atoms with Crippen LogP contribution in [-0.2, 0) is 14.3 Å². The van der Waals surface area contributed by atoms with Gasteiger partial charge in [-0.3, -0.25) is 4.79 Å². The van der Waals surface area contributed by atoms with Crippen molar-refractivity contribution in [2.45, 2.75) is 55.8 Å². The average Bonchev–Trinajstić information content (AvgIpc) is 3.14. The number of hydrogen-bond acceptors (Lipinski definition) is 5. The summed E-state index contributed by atoms with van der Waals surface area (Å²) in [4.78, 5) is 12.0. The van der Waals surface area contributed by atoms with Crippen molar-refractivity contribution < 1.29 is 46.4 Å². The van der Waals surface area contributed by atoms with Crippen LogP contribution >= 0.6 is 0 Å². The van der Waals surface area contributed by atoms with Crippen LogP contribution in [0.1, 0.15) is 25.7 Å². The molecule has 3 aliphatic rings. The summed E-state index contributed by atoms with van der Waals surface area (Å²) in [5.41, 5.74) is 0. The molecule has 0 aromatic rings. The Balaban J connectivity index is 1.63. The highest BCUT2D eigenvalue weighted by Crippen LogP contribution is 2.51. The lowest BCUT2D eigenvalue weighted by molar-refractivity contribution is -0.409. The summed E-state index contributed by atoms with van der Waals surface area (Å²) in [6, 6.07) is 0. The van der Waals surface area contributed by atoms with Crippen molar-refractivity contribution in [3.8, 4) is 0 Å². The van der Waals surface area contributed by atoms with Crippen molar-refractivity contribution in [2.24, 2.45) is 17.8 Å². The molecule has 3 rings (SSSR count). The third kappa shape index (κ3) is 2.50. The number of halogens is 5. The Morgan fingerprint density at radius 3 is 2.38 bits per heavy atom. The van der Waals surface area contributed by atoms with Gasteiger partial charge in [0, 0.05) is 0 Å². The van der Waals surface area contributed by atoms with E-state index in [1.165, 1.54) is 0 Å². The zero-order valence-electron chi connectivity index (χ0n) is 12.4. The third-order valence-electron chi connectivity index (χ3n) is 5.31. The van der Waals surface area contributed by atoms with Crippen molar-refractivity contribution in [3.63, 3.8) is 0 Å². The lowest BCUT2D eigenvalue weighted by atomic mass is 9.89. The lowest BCUT2D eigenvalue weighted by Crippen LogP contribution is -2.59. The largest absolute Gasteiger partial charge is 0.463 e. The van der Waals surface area contributed by atoms with Gasteiger partial charge in [-0.2, -0.15) is 22.0 Å². The van der Waals surface area contributed by atoms with Gasteiger partial charge in [0.25, 0.3) is 0 Å². The van der Waals surface area contributed by atoms with E-state index >= 15 is 0 Å². The molecule has 24 heavy (non-hydrogen) atoms. The molecule has 10 heteroatoms. The first-order valence-corrected chi connectivity index (χ1v) is 7.67. The highest BCUT2D eigenvalue weighted by molar-refractivity contribution is 5.73. The number of esters is 1. The third-order valence-corrected chi connectivity index (χ3v) is 5.31. The molecule has 138 valence electrons. The summed E-state index contributed by atoms with van der Waals surface area (Å²) in [6.45, 7) is -0.984. The molecular weight excluding hydrogens is 343 g/mol. The first-order valence-electron chi connectivity index (χ1n) is 7.67. The predicted octanol–water partition coefficient (Wildman–Crippen LogP) is 1.61. The second-order valence-corrected chi connectivity index (χ2v) is 6.78. The van der Waals surface area contributed by atoms with Crippen LogP contribution in [0, 0.1) is 17.8 Å². The van der Waals surface area contributed by atoms with Crippen LogP contribution in [0.5, 0.6) is 0 Å². The molecule has 5 nitrogen and oxygen atoms in total. The molecule has 2 aliphatic carbocycles. The van der Waals surface area contributed by atoms with Gasteiger partial charge in [0.15, 0.2) is 6.10 Å². The number of rotatable bonds is 3. The minimum atomic E-state index is -5.82. The van der Waals surface area contributed by atoms with E-state index in [0.717, 1.165) is 19.3 Å². The van der Waals surface area contributed by atoms with Gasteiger partial charge < -0.3 is 19.7 Å². The second-order valence-electron chi connectivity index (χ2n) is 6.78. The maximum atomic E-state index is 13.6. The Labute approximate surface area is 133 Å². The molecule has 0 amide bonds. The number of aliphatic hydroxyl groups is 2. The van der Waals surface area contributed by atoms with Crippen LogP contribution in [0.25, 0.3) is 0 Å². The topological polar surface area (TPSA) is 76.0 Å². The molecule has 0 radical (unpaired) electrons. The quantitative estimate of drug-likeness (QED) is 0.591. The summed E-state index contributed by atoms with van der Waals surface area (Å²) in [5, 5.41) is 18.5. The van der Waals surface area contributed by atoms with Gasteiger partial charge >= 0.3 is 23.9 Å². The molecule has 6 unspecified atom stereocenters. The first-order chi connectivity index (χ1) is 11.0. The Morgan fingerprint density at radius 1 is 1.25 bits per heavy atom. The predicted molar refractivity (Wildman–Crippen MR) is 66.7 cm³/mol. The Kier molecular flexibility index (Phi) is 4.08. The average molecular weight is 360 g/mol. The van der Waals surface area contributed by atoms with E-state index in [1.54, 1.807) is 0 Å².